The number of hydrogen-bond donors (Lipinski definition) is 1. The van der Waals surface area contributed by atoms with Crippen LogP contribution in [0.25, 0.3) is 11.3 Å². The summed E-state index contributed by atoms with van der Waals surface area (Å²) in [4.78, 5) is 6.49. The molecule has 2 heterocycles. The fraction of sp³-hybridized carbons (Fsp3) is 0.438. The first-order valence-corrected chi connectivity index (χ1v) is 7.23. The summed E-state index contributed by atoms with van der Waals surface area (Å²) in [6.45, 7) is 3.85. The monoisotopic (exact) mass is 290 g/mol. The maximum absolute atomic E-state index is 12.9. The molecule has 1 aromatic carbocycles. The second-order valence-corrected chi connectivity index (χ2v) is 5.61. The molecule has 1 aliphatic heterocycles. The van der Waals surface area contributed by atoms with Gasteiger partial charge in [-0.2, -0.15) is 0 Å². The van der Waals surface area contributed by atoms with Crippen LogP contribution in [0.1, 0.15) is 19.2 Å². The van der Waals surface area contributed by atoms with E-state index in [0.717, 1.165) is 18.5 Å². The lowest BCUT2D eigenvalue weighted by atomic mass is 10.0. The van der Waals surface area contributed by atoms with Gasteiger partial charge in [-0.3, -0.25) is 4.90 Å². The van der Waals surface area contributed by atoms with Crippen LogP contribution in [0, 0.1) is 11.7 Å². The number of benzene rings is 1. The first kappa shape index (κ1) is 14.2. The van der Waals surface area contributed by atoms with Gasteiger partial charge in [0.2, 0.25) is 5.89 Å². The molecule has 1 aliphatic rings. The van der Waals surface area contributed by atoms with Crippen molar-refractivity contribution in [2.45, 2.75) is 25.9 Å². The summed E-state index contributed by atoms with van der Waals surface area (Å²) >= 11 is 0. The van der Waals surface area contributed by atoms with Gasteiger partial charge < -0.3 is 9.52 Å². The van der Waals surface area contributed by atoms with Crippen LogP contribution in [0.2, 0.25) is 0 Å². The molecule has 0 radical (unpaired) electrons. The van der Waals surface area contributed by atoms with Gasteiger partial charge in [-0.1, -0.05) is 6.92 Å². The number of aromatic nitrogens is 1. The molecule has 2 unspecified atom stereocenters. The molecule has 5 heteroatoms. The van der Waals surface area contributed by atoms with Crippen molar-refractivity contribution in [2.24, 2.45) is 5.92 Å². The second kappa shape index (κ2) is 5.95. The van der Waals surface area contributed by atoms with Crippen LogP contribution in [-0.2, 0) is 6.54 Å². The molecule has 21 heavy (non-hydrogen) atoms. The number of rotatable bonds is 4. The molecule has 1 aromatic heterocycles. The van der Waals surface area contributed by atoms with Gasteiger partial charge in [-0.15, -0.1) is 0 Å². The van der Waals surface area contributed by atoms with Crippen LogP contribution in [0.4, 0.5) is 4.39 Å². The Morgan fingerprint density at radius 2 is 2.14 bits per heavy atom. The van der Waals surface area contributed by atoms with Crippen molar-refractivity contribution in [3.8, 4) is 11.3 Å². The van der Waals surface area contributed by atoms with Gasteiger partial charge in [0.1, 0.15) is 5.82 Å². The minimum atomic E-state index is -0.268. The molecule has 0 bridgehead atoms. The quantitative estimate of drug-likeness (QED) is 0.940. The van der Waals surface area contributed by atoms with E-state index in [1.165, 1.54) is 12.1 Å². The lowest BCUT2D eigenvalue weighted by molar-refractivity contribution is 0.126. The van der Waals surface area contributed by atoms with E-state index < -0.39 is 0 Å². The van der Waals surface area contributed by atoms with E-state index in [4.69, 9.17) is 4.42 Å². The third-order valence-electron chi connectivity index (χ3n) is 4.21. The molecular weight excluding hydrogens is 271 g/mol. The average molecular weight is 290 g/mol. The minimum Gasteiger partial charge on any atom is -0.439 e. The van der Waals surface area contributed by atoms with E-state index in [1.54, 1.807) is 18.3 Å². The van der Waals surface area contributed by atoms with Crippen molar-refractivity contribution in [1.29, 1.82) is 0 Å². The third-order valence-corrected chi connectivity index (χ3v) is 4.21. The fourth-order valence-electron chi connectivity index (χ4n) is 2.88. The first-order chi connectivity index (χ1) is 10.2. The number of oxazole rings is 1. The van der Waals surface area contributed by atoms with Crippen LogP contribution in [0.15, 0.2) is 34.9 Å². The predicted molar refractivity (Wildman–Crippen MR) is 77.0 cm³/mol. The maximum Gasteiger partial charge on any atom is 0.209 e. The van der Waals surface area contributed by atoms with Crippen molar-refractivity contribution < 1.29 is 13.9 Å². The molecule has 3 rings (SSSR count). The van der Waals surface area contributed by atoms with Gasteiger partial charge in [-0.05, 0) is 43.1 Å². The van der Waals surface area contributed by atoms with Gasteiger partial charge in [-0.25, -0.2) is 9.37 Å². The molecule has 0 amide bonds. The Hall–Kier alpha value is -1.72. The van der Waals surface area contributed by atoms with Gasteiger partial charge in [0.15, 0.2) is 5.76 Å². The van der Waals surface area contributed by atoms with Crippen molar-refractivity contribution in [3.05, 3.63) is 42.2 Å². The Bertz CT molecular complexity index is 597. The number of aliphatic hydroxyl groups excluding tert-OH is 1. The summed E-state index contributed by atoms with van der Waals surface area (Å²) in [5, 5.41) is 9.47. The van der Waals surface area contributed by atoms with Crippen LogP contribution in [0.5, 0.6) is 0 Å². The van der Waals surface area contributed by atoms with Crippen molar-refractivity contribution in [2.75, 3.05) is 13.2 Å². The zero-order valence-electron chi connectivity index (χ0n) is 12.0. The molecule has 1 saturated heterocycles. The highest BCUT2D eigenvalue weighted by Crippen LogP contribution is 2.26. The summed E-state index contributed by atoms with van der Waals surface area (Å²) < 4.78 is 18.7. The minimum absolute atomic E-state index is 0.159. The number of hydrogen-bond acceptors (Lipinski definition) is 4. The fourth-order valence-corrected chi connectivity index (χ4v) is 2.88. The van der Waals surface area contributed by atoms with Crippen molar-refractivity contribution in [1.82, 2.24) is 9.88 Å². The summed E-state index contributed by atoms with van der Waals surface area (Å²) in [5.74, 6) is 1.48. The van der Waals surface area contributed by atoms with Crippen molar-refractivity contribution >= 4 is 0 Å². The SMILES string of the molecule is CC1CCN(Cc2ncc(-c3ccc(F)cc3)o2)C1CO. The second-order valence-electron chi connectivity index (χ2n) is 5.61. The molecule has 0 saturated carbocycles. The summed E-state index contributed by atoms with van der Waals surface area (Å²) in [6, 6.07) is 6.33. The number of halogens is 1. The van der Waals surface area contributed by atoms with Crippen LogP contribution in [-0.4, -0.2) is 34.2 Å². The Balaban J connectivity index is 1.72. The Kier molecular flexibility index (Phi) is 4.03. The first-order valence-electron chi connectivity index (χ1n) is 7.23. The zero-order valence-corrected chi connectivity index (χ0v) is 12.0. The van der Waals surface area contributed by atoms with Gasteiger partial charge in [0, 0.05) is 11.6 Å². The predicted octanol–water partition coefficient (Wildman–Crippen LogP) is 2.68. The number of likely N-dealkylation sites (tertiary alicyclic amines) is 1. The van der Waals surface area contributed by atoms with Gasteiger partial charge in [0.05, 0.1) is 19.3 Å². The van der Waals surface area contributed by atoms with E-state index in [2.05, 4.69) is 16.8 Å². The van der Waals surface area contributed by atoms with Crippen LogP contribution in [0.3, 0.4) is 0 Å². The lowest BCUT2D eigenvalue weighted by Crippen LogP contribution is -2.34. The molecule has 4 nitrogen and oxygen atoms in total. The normalized spacial score (nSPS) is 22.8. The Morgan fingerprint density at radius 1 is 1.38 bits per heavy atom. The molecule has 0 spiro atoms. The largest absolute Gasteiger partial charge is 0.439 e. The topological polar surface area (TPSA) is 49.5 Å². The van der Waals surface area contributed by atoms with Gasteiger partial charge >= 0.3 is 0 Å². The Labute approximate surface area is 123 Å². The molecule has 0 aliphatic carbocycles. The molecule has 112 valence electrons. The van der Waals surface area contributed by atoms with Crippen LogP contribution >= 0.6 is 0 Å². The molecule has 2 aromatic rings. The summed E-state index contributed by atoms with van der Waals surface area (Å²) in [7, 11) is 0. The van der Waals surface area contributed by atoms with E-state index in [1.807, 2.05) is 0 Å². The molecule has 1 fully saturated rings. The highest BCUT2D eigenvalue weighted by molar-refractivity contribution is 5.55. The zero-order chi connectivity index (χ0) is 14.8. The highest BCUT2D eigenvalue weighted by Gasteiger charge is 2.31. The lowest BCUT2D eigenvalue weighted by Gasteiger charge is -2.23. The molecule has 2 atom stereocenters. The van der Waals surface area contributed by atoms with E-state index in [0.29, 0.717) is 24.1 Å². The van der Waals surface area contributed by atoms with E-state index in [-0.39, 0.29) is 18.5 Å². The van der Waals surface area contributed by atoms with Gasteiger partial charge in [0.25, 0.3) is 0 Å². The van der Waals surface area contributed by atoms with E-state index >= 15 is 0 Å². The number of nitrogens with zero attached hydrogens (tertiary/aromatic N) is 2. The highest BCUT2D eigenvalue weighted by atomic mass is 19.1. The standard InChI is InChI=1S/C16H19FN2O2/c1-11-6-7-19(14(11)10-20)9-16-18-8-15(21-16)12-2-4-13(17)5-3-12/h2-5,8,11,14,20H,6-7,9-10H2,1H3. The summed E-state index contributed by atoms with van der Waals surface area (Å²) in [5.41, 5.74) is 0.809. The maximum atomic E-state index is 12.9. The number of aliphatic hydroxyl groups is 1. The van der Waals surface area contributed by atoms with E-state index in [9.17, 15) is 9.50 Å². The van der Waals surface area contributed by atoms with Crippen molar-refractivity contribution in [3.63, 3.8) is 0 Å². The molecule has 1 N–H and O–H groups in total. The average Bonchev–Trinajstić information content (AvgIpc) is 3.07. The Morgan fingerprint density at radius 3 is 2.86 bits per heavy atom. The molecular formula is C16H19FN2O2. The smallest absolute Gasteiger partial charge is 0.209 e. The third kappa shape index (κ3) is 2.99. The summed E-state index contributed by atoms with van der Waals surface area (Å²) in [6.07, 6.45) is 2.74. The van der Waals surface area contributed by atoms with Crippen LogP contribution < -0.4 is 0 Å².